The fourth-order valence-corrected chi connectivity index (χ4v) is 2.70. The fraction of sp³-hybridized carbons (Fsp3) is 0.222. The van der Waals surface area contributed by atoms with Gasteiger partial charge < -0.3 is 15.8 Å². The van der Waals surface area contributed by atoms with E-state index in [1.54, 1.807) is 12.1 Å². The van der Waals surface area contributed by atoms with Crippen molar-refractivity contribution in [2.45, 2.75) is 18.9 Å². The molecule has 0 saturated heterocycles. The van der Waals surface area contributed by atoms with Gasteiger partial charge in [-0.3, -0.25) is 4.79 Å². The van der Waals surface area contributed by atoms with E-state index >= 15 is 0 Å². The summed E-state index contributed by atoms with van der Waals surface area (Å²) >= 11 is 5.69. The molecule has 0 aliphatic carbocycles. The van der Waals surface area contributed by atoms with Gasteiger partial charge in [0.2, 0.25) is 0 Å². The molecule has 1 unspecified atom stereocenters. The van der Waals surface area contributed by atoms with Crippen LogP contribution in [-0.4, -0.2) is 24.6 Å². The molecule has 3 rings (SSSR count). The fourth-order valence-electron chi connectivity index (χ4n) is 2.54. The van der Waals surface area contributed by atoms with Gasteiger partial charge in [-0.1, -0.05) is 23.7 Å². The van der Waals surface area contributed by atoms with E-state index in [0.29, 0.717) is 12.3 Å². The standard InChI is InChI=1S/C18H17ClFN3O2/c19-12-4-8-15(16(20)9-12)17(24)22-13-5-1-11(2-6-13)3-7-14-10-25-18(21)23-14/h1-2,4-6,8-9,14H,3,7,10H2,(H2,21,23)(H,22,24). The van der Waals surface area contributed by atoms with Crippen molar-refractivity contribution >= 4 is 29.2 Å². The SMILES string of the molecule is NC1=NC(CCc2ccc(NC(=O)c3ccc(Cl)cc3F)cc2)CO1. The summed E-state index contributed by atoms with van der Waals surface area (Å²) in [6, 6.07) is 11.7. The van der Waals surface area contributed by atoms with Crippen molar-refractivity contribution in [1.29, 1.82) is 0 Å². The number of aliphatic imine (C=N–C) groups is 1. The van der Waals surface area contributed by atoms with Crippen LogP contribution in [0.5, 0.6) is 0 Å². The van der Waals surface area contributed by atoms with Gasteiger partial charge in [0.1, 0.15) is 12.4 Å². The lowest BCUT2D eigenvalue weighted by Gasteiger charge is -2.08. The zero-order valence-electron chi connectivity index (χ0n) is 13.3. The van der Waals surface area contributed by atoms with Crippen molar-refractivity contribution in [1.82, 2.24) is 0 Å². The van der Waals surface area contributed by atoms with Gasteiger partial charge in [-0.25, -0.2) is 9.38 Å². The first-order chi connectivity index (χ1) is 12.0. The third kappa shape index (κ3) is 4.48. The summed E-state index contributed by atoms with van der Waals surface area (Å²) in [5, 5.41) is 2.92. The lowest BCUT2D eigenvalue weighted by molar-refractivity contribution is 0.102. The van der Waals surface area contributed by atoms with Gasteiger partial charge in [0.15, 0.2) is 0 Å². The average Bonchev–Trinajstić information content (AvgIpc) is 2.99. The number of benzene rings is 2. The number of amidine groups is 1. The van der Waals surface area contributed by atoms with Crippen molar-refractivity contribution in [3.8, 4) is 0 Å². The highest BCUT2D eigenvalue weighted by molar-refractivity contribution is 6.30. The quantitative estimate of drug-likeness (QED) is 0.857. The van der Waals surface area contributed by atoms with Crippen LogP contribution in [0.1, 0.15) is 22.3 Å². The van der Waals surface area contributed by atoms with Crippen LogP contribution < -0.4 is 11.1 Å². The van der Waals surface area contributed by atoms with Gasteiger partial charge >= 0.3 is 0 Å². The molecule has 1 aliphatic heterocycles. The van der Waals surface area contributed by atoms with Crippen LogP contribution in [0.2, 0.25) is 5.02 Å². The number of nitrogens with two attached hydrogens (primary N) is 1. The van der Waals surface area contributed by atoms with Gasteiger partial charge in [0.05, 0.1) is 11.6 Å². The normalized spacial score (nSPS) is 16.2. The van der Waals surface area contributed by atoms with E-state index in [-0.39, 0.29) is 22.6 Å². The molecular weight excluding hydrogens is 345 g/mol. The Kier molecular flexibility index (Phi) is 5.19. The average molecular weight is 362 g/mol. The number of rotatable bonds is 5. The molecule has 0 aromatic heterocycles. The molecule has 0 bridgehead atoms. The molecule has 5 nitrogen and oxygen atoms in total. The highest BCUT2D eigenvalue weighted by Gasteiger charge is 2.16. The lowest BCUT2D eigenvalue weighted by Crippen LogP contribution is -2.13. The van der Waals surface area contributed by atoms with Gasteiger partial charge in [-0.2, -0.15) is 0 Å². The molecule has 130 valence electrons. The Hall–Kier alpha value is -2.60. The third-order valence-corrected chi connectivity index (χ3v) is 4.12. The van der Waals surface area contributed by atoms with Crippen molar-refractivity contribution in [2.24, 2.45) is 10.7 Å². The van der Waals surface area contributed by atoms with Crippen LogP contribution in [0.4, 0.5) is 10.1 Å². The zero-order valence-corrected chi connectivity index (χ0v) is 14.1. The monoisotopic (exact) mass is 361 g/mol. The van der Waals surface area contributed by atoms with E-state index in [9.17, 15) is 9.18 Å². The molecule has 0 fully saturated rings. The van der Waals surface area contributed by atoms with Gasteiger partial charge in [0, 0.05) is 10.7 Å². The Morgan fingerprint density at radius 3 is 2.72 bits per heavy atom. The third-order valence-electron chi connectivity index (χ3n) is 3.89. The van der Waals surface area contributed by atoms with Crippen molar-refractivity contribution in [2.75, 3.05) is 11.9 Å². The predicted molar refractivity (Wildman–Crippen MR) is 95.5 cm³/mol. The second-order valence-corrected chi connectivity index (χ2v) is 6.18. The molecule has 0 saturated carbocycles. The number of carbonyl (C=O) groups is 1. The maximum absolute atomic E-state index is 13.8. The summed E-state index contributed by atoms with van der Waals surface area (Å²) in [5.41, 5.74) is 7.13. The van der Waals surface area contributed by atoms with E-state index in [4.69, 9.17) is 22.1 Å². The Labute approximate surface area is 149 Å². The summed E-state index contributed by atoms with van der Waals surface area (Å²) in [4.78, 5) is 16.3. The van der Waals surface area contributed by atoms with Crippen LogP contribution in [0.15, 0.2) is 47.5 Å². The molecule has 25 heavy (non-hydrogen) atoms. The largest absolute Gasteiger partial charge is 0.463 e. The molecule has 1 amide bonds. The molecule has 1 atom stereocenters. The van der Waals surface area contributed by atoms with E-state index < -0.39 is 11.7 Å². The van der Waals surface area contributed by atoms with E-state index in [0.717, 1.165) is 24.5 Å². The molecule has 1 heterocycles. The number of amides is 1. The minimum Gasteiger partial charge on any atom is -0.463 e. The van der Waals surface area contributed by atoms with E-state index in [1.807, 2.05) is 12.1 Å². The molecule has 0 spiro atoms. The van der Waals surface area contributed by atoms with Gasteiger partial charge in [0.25, 0.3) is 11.9 Å². The first kappa shape index (κ1) is 17.2. The summed E-state index contributed by atoms with van der Waals surface area (Å²) in [6.45, 7) is 0.520. The van der Waals surface area contributed by atoms with Crippen LogP contribution >= 0.6 is 11.6 Å². The van der Waals surface area contributed by atoms with E-state index in [1.165, 1.54) is 12.1 Å². The smallest absolute Gasteiger partial charge is 0.282 e. The second-order valence-electron chi connectivity index (χ2n) is 5.75. The first-order valence-electron chi connectivity index (χ1n) is 7.82. The number of nitrogens with zero attached hydrogens (tertiary/aromatic N) is 1. The number of ether oxygens (including phenoxy) is 1. The Bertz CT molecular complexity index is 808. The predicted octanol–water partition coefficient (Wildman–Crippen LogP) is 3.38. The minimum atomic E-state index is -0.653. The Morgan fingerprint density at radius 1 is 1.32 bits per heavy atom. The maximum atomic E-state index is 13.8. The molecule has 0 radical (unpaired) electrons. The molecule has 2 aromatic rings. The highest BCUT2D eigenvalue weighted by Crippen LogP contribution is 2.18. The van der Waals surface area contributed by atoms with Crippen LogP contribution in [0, 0.1) is 5.82 Å². The molecule has 1 aliphatic rings. The summed E-state index contributed by atoms with van der Waals surface area (Å²) < 4.78 is 18.9. The number of hydrogen-bond donors (Lipinski definition) is 2. The number of nitrogens with one attached hydrogen (secondary N) is 1. The van der Waals surface area contributed by atoms with Crippen LogP contribution in [0.25, 0.3) is 0 Å². The number of anilines is 1. The molecule has 7 heteroatoms. The van der Waals surface area contributed by atoms with Gasteiger partial charge in [-0.05, 0) is 48.7 Å². The van der Waals surface area contributed by atoms with Crippen LogP contribution in [0.3, 0.4) is 0 Å². The Balaban J connectivity index is 1.57. The lowest BCUT2D eigenvalue weighted by atomic mass is 10.1. The summed E-state index contributed by atoms with van der Waals surface area (Å²) in [5.74, 6) is -1.17. The highest BCUT2D eigenvalue weighted by atomic mass is 35.5. The number of hydrogen-bond acceptors (Lipinski definition) is 4. The maximum Gasteiger partial charge on any atom is 0.282 e. The number of aryl methyl sites for hydroxylation is 1. The number of halogens is 2. The van der Waals surface area contributed by atoms with Crippen molar-refractivity contribution in [3.63, 3.8) is 0 Å². The summed E-state index contributed by atoms with van der Waals surface area (Å²) in [7, 11) is 0. The first-order valence-corrected chi connectivity index (χ1v) is 8.20. The van der Waals surface area contributed by atoms with E-state index in [2.05, 4.69) is 10.3 Å². The summed E-state index contributed by atoms with van der Waals surface area (Å²) in [6.07, 6.45) is 1.66. The van der Waals surface area contributed by atoms with Crippen molar-refractivity contribution in [3.05, 3.63) is 64.4 Å². The van der Waals surface area contributed by atoms with Gasteiger partial charge in [-0.15, -0.1) is 0 Å². The second kappa shape index (κ2) is 7.53. The Morgan fingerprint density at radius 2 is 2.08 bits per heavy atom. The molecule has 2 aromatic carbocycles. The number of carbonyl (C=O) groups excluding carboxylic acids is 1. The topological polar surface area (TPSA) is 76.7 Å². The van der Waals surface area contributed by atoms with Crippen LogP contribution in [-0.2, 0) is 11.2 Å². The molecular formula is C18H17ClFN3O2. The molecule has 3 N–H and O–H groups in total. The zero-order chi connectivity index (χ0) is 17.8. The van der Waals surface area contributed by atoms with Crippen molar-refractivity contribution < 1.29 is 13.9 Å². The minimum absolute atomic E-state index is 0.0508.